The van der Waals surface area contributed by atoms with Crippen LogP contribution in [0.15, 0.2) is 36.5 Å². The highest BCUT2D eigenvalue weighted by molar-refractivity contribution is 5.76. The fourth-order valence-electron chi connectivity index (χ4n) is 6.72. The van der Waals surface area contributed by atoms with Crippen LogP contribution in [-0.4, -0.2) is 46.1 Å². The summed E-state index contributed by atoms with van der Waals surface area (Å²) in [5.41, 5.74) is 0. The number of hydrogen-bond donors (Lipinski definition) is 4. The minimum Gasteiger partial charge on any atom is -0.394 e. The van der Waals surface area contributed by atoms with E-state index in [1.54, 1.807) is 6.08 Å². The van der Waals surface area contributed by atoms with Gasteiger partial charge in [-0.3, -0.25) is 4.79 Å². The topological polar surface area (TPSA) is 89.8 Å². The number of carbonyl (C=O) groups excluding carboxylic acids is 1. The summed E-state index contributed by atoms with van der Waals surface area (Å²) >= 11 is 0. The lowest BCUT2D eigenvalue weighted by Crippen LogP contribution is -2.45. The van der Waals surface area contributed by atoms with Gasteiger partial charge < -0.3 is 20.6 Å². The van der Waals surface area contributed by atoms with Crippen LogP contribution < -0.4 is 5.32 Å². The fourth-order valence-corrected chi connectivity index (χ4v) is 6.72. The Morgan fingerprint density at radius 3 is 1.29 bits per heavy atom. The first kappa shape index (κ1) is 49.6. The van der Waals surface area contributed by atoms with Gasteiger partial charge in [0.25, 0.3) is 0 Å². The van der Waals surface area contributed by atoms with E-state index in [0.717, 1.165) is 32.1 Å². The van der Waals surface area contributed by atoms with Gasteiger partial charge >= 0.3 is 0 Å². The van der Waals surface area contributed by atoms with Crippen LogP contribution in [0, 0.1) is 0 Å². The number of rotatable bonds is 40. The van der Waals surface area contributed by atoms with Crippen molar-refractivity contribution in [2.45, 2.75) is 244 Å². The Morgan fingerprint density at radius 1 is 0.510 bits per heavy atom. The summed E-state index contributed by atoms with van der Waals surface area (Å²) in [5.74, 6) is -0.321. The van der Waals surface area contributed by atoms with Crippen LogP contribution in [0.1, 0.15) is 226 Å². The van der Waals surface area contributed by atoms with Crippen LogP contribution in [0.4, 0.5) is 0 Å². The van der Waals surface area contributed by atoms with Crippen molar-refractivity contribution in [2.75, 3.05) is 6.61 Å². The summed E-state index contributed by atoms with van der Waals surface area (Å²) in [6.07, 6.45) is 51.4. The highest BCUT2D eigenvalue weighted by Crippen LogP contribution is 2.15. The lowest BCUT2D eigenvalue weighted by atomic mass is 10.0. The third kappa shape index (κ3) is 38.1. The van der Waals surface area contributed by atoms with Crippen molar-refractivity contribution in [3.63, 3.8) is 0 Å². The SMILES string of the molecule is CCCCCCCCCCC/C=C\C/C=C\CCCCCCCCCC(O)CC(=O)NC(CO)C(O)/C=C/CCCCCCCCCCCCC. The molecule has 5 nitrogen and oxygen atoms in total. The molecule has 4 N–H and O–H groups in total. The summed E-state index contributed by atoms with van der Waals surface area (Å²) in [7, 11) is 0. The van der Waals surface area contributed by atoms with E-state index in [9.17, 15) is 20.1 Å². The zero-order chi connectivity index (χ0) is 37.3. The summed E-state index contributed by atoms with van der Waals surface area (Å²) < 4.78 is 0. The molecule has 1 amide bonds. The number of carbonyl (C=O) groups is 1. The third-order valence-corrected chi connectivity index (χ3v) is 10.2. The van der Waals surface area contributed by atoms with Gasteiger partial charge in [0.15, 0.2) is 0 Å². The molecule has 0 aromatic rings. The molecular weight excluding hydrogens is 631 g/mol. The maximum atomic E-state index is 12.4. The molecule has 5 heteroatoms. The number of amides is 1. The molecule has 0 rings (SSSR count). The maximum absolute atomic E-state index is 12.4. The van der Waals surface area contributed by atoms with Crippen LogP contribution in [0.25, 0.3) is 0 Å². The van der Waals surface area contributed by atoms with Crippen LogP contribution >= 0.6 is 0 Å². The average Bonchev–Trinajstić information content (AvgIpc) is 3.12. The molecule has 0 saturated carbocycles. The minimum atomic E-state index is -0.930. The smallest absolute Gasteiger partial charge is 0.222 e. The van der Waals surface area contributed by atoms with E-state index >= 15 is 0 Å². The molecule has 0 radical (unpaired) electrons. The number of unbranched alkanes of at least 4 members (excludes halogenated alkanes) is 27. The lowest BCUT2D eigenvalue weighted by molar-refractivity contribution is -0.124. The van der Waals surface area contributed by atoms with E-state index in [0.29, 0.717) is 6.42 Å². The molecule has 0 aromatic carbocycles. The zero-order valence-corrected chi connectivity index (χ0v) is 34.0. The van der Waals surface area contributed by atoms with E-state index in [1.807, 2.05) is 6.08 Å². The van der Waals surface area contributed by atoms with Crippen LogP contribution in [0.5, 0.6) is 0 Å². The largest absolute Gasteiger partial charge is 0.394 e. The van der Waals surface area contributed by atoms with Gasteiger partial charge in [0.2, 0.25) is 5.91 Å². The summed E-state index contributed by atoms with van der Waals surface area (Å²) in [6.45, 7) is 4.20. The molecule has 0 bridgehead atoms. The first-order valence-electron chi connectivity index (χ1n) is 22.3. The van der Waals surface area contributed by atoms with Crippen LogP contribution in [0.2, 0.25) is 0 Å². The summed E-state index contributed by atoms with van der Waals surface area (Å²) in [5, 5.41) is 33.2. The lowest BCUT2D eigenvalue weighted by Gasteiger charge is -2.21. The second-order valence-corrected chi connectivity index (χ2v) is 15.3. The van der Waals surface area contributed by atoms with Gasteiger partial charge in [-0.15, -0.1) is 0 Å². The van der Waals surface area contributed by atoms with Gasteiger partial charge in [-0.1, -0.05) is 204 Å². The molecule has 3 atom stereocenters. The molecule has 0 aliphatic rings. The average molecular weight is 718 g/mol. The standard InChI is InChI=1S/C46H87NO4/c1-3-5-7-9-11-13-15-17-18-19-20-21-22-23-24-25-26-28-29-31-33-35-37-39-43(49)41-46(51)47-44(42-48)45(50)40-38-36-34-32-30-27-16-14-12-10-8-6-4-2/h20-21,23-24,38,40,43-45,48-50H,3-19,22,25-37,39,41-42H2,1-2H3,(H,47,51)/b21-20-,24-23-,40-38+. The minimum absolute atomic E-state index is 0.00823. The predicted molar refractivity (Wildman–Crippen MR) is 222 cm³/mol. The zero-order valence-electron chi connectivity index (χ0n) is 34.0. The summed E-state index contributed by atoms with van der Waals surface area (Å²) in [4.78, 5) is 12.4. The molecule has 3 unspecified atom stereocenters. The molecule has 0 saturated heterocycles. The third-order valence-electron chi connectivity index (χ3n) is 10.2. The molecule has 51 heavy (non-hydrogen) atoms. The van der Waals surface area contributed by atoms with Crippen molar-refractivity contribution >= 4 is 5.91 Å². The molecule has 0 fully saturated rings. The van der Waals surface area contributed by atoms with E-state index in [2.05, 4.69) is 43.5 Å². The quantitative estimate of drug-likeness (QED) is 0.0375. The Bertz CT molecular complexity index is 794. The van der Waals surface area contributed by atoms with Gasteiger partial charge in [0.1, 0.15) is 0 Å². The molecule has 0 aliphatic carbocycles. The first-order chi connectivity index (χ1) is 25.0. The van der Waals surface area contributed by atoms with Crippen molar-refractivity contribution in [3.05, 3.63) is 36.5 Å². The number of hydrogen-bond acceptors (Lipinski definition) is 4. The predicted octanol–water partition coefficient (Wildman–Crippen LogP) is 12.8. The highest BCUT2D eigenvalue weighted by Gasteiger charge is 2.20. The monoisotopic (exact) mass is 718 g/mol. The van der Waals surface area contributed by atoms with Gasteiger partial charge in [0.05, 0.1) is 31.3 Å². The Kier molecular flexibility index (Phi) is 40.2. The molecule has 0 spiro atoms. The number of allylic oxidation sites excluding steroid dienone is 5. The number of aliphatic hydroxyl groups is 3. The van der Waals surface area contributed by atoms with E-state index in [-0.39, 0.29) is 18.9 Å². The number of nitrogens with one attached hydrogen (secondary N) is 1. The van der Waals surface area contributed by atoms with Crippen LogP contribution in [0.3, 0.4) is 0 Å². The molecule has 0 heterocycles. The van der Waals surface area contributed by atoms with Crippen LogP contribution in [-0.2, 0) is 4.79 Å². The second kappa shape index (κ2) is 41.3. The Balaban J connectivity index is 3.66. The van der Waals surface area contributed by atoms with E-state index < -0.39 is 18.2 Å². The second-order valence-electron chi connectivity index (χ2n) is 15.3. The van der Waals surface area contributed by atoms with E-state index in [4.69, 9.17) is 0 Å². The van der Waals surface area contributed by atoms with Gasteiger partial charge in [-0.05, 0) is 51.4 Å². The first-order valence-corrected chi connectivity index (χ1v) is 22.3. The van der Waals surface area contributed by atoms with Gasteiger partial charge in [0, 0.05) is 0 Å². The number of aliphatic hydroxyl groups excluding tert-OH is 3. The summed E-state index contributed by atoms with van der Waals surface area (Å²) in [6, 6.07) is -0.746. The molecular formula is C46H87NO4. The van der Waals surface area contributed by atoms with Gasteiger partial charge in [-0.2, -0.15) is 0 Å². The van der Waals surface area contributed by atoms with Crippen molar-refractivity contribution in [3.8, 4) is 0 Å². The van der Waals surface area contributed by atoms with Crippen molar-refractivity contribution in [2.24, 2.45) is 0 Å². The highest BCUT2D eigenvalue weighted by atomic mass is 16.3. The molecule has 0 aliphatic heterocycles. The fraction of sp³-hybridized carbons (Fsp3) is 0.848. The Hall–Kier alpha value is -1.43. The van der Waals surface area contributed by atoms with E-state index in [1.165, 1.54) is 167 Å². The van der Waals surface area contributed by atoms with Crippen molar-refractivity contribution in [1.82, 2.24) is 5.32 Å². The molecule has 300 valence electrons. The van der Waals surface area contributed by atoms with Crippen molar-refractivity contribution in [1.29, 1.82) is 0 Å². The maximum Gasteiger partial charge on any atom is 0.222 e. The Labute approximate surface area is 317 Å². The van der Waals surface area contributed by atoms with Crippen molar-refractivity contribution < 1.29 is 20.1 Å². The van der Waals surface area contributed by atoms with Gasteiger partial charge in [-0.25, -0.2) is 0 Å². The Morgan fingerprint density at radius 2 is 0.882 bits per heavy atom. The normalized spacial score (nSPS) is 13.9. The molecule has 0 aromatic heterocycles.